The van der Waals surface area contributed by atoms with Crippen LogP contribution in [0, 0.1) is 0 Å². The van der Waals surface area contributed by atoms with Crippen LogP contribution in [-0.4, -0.2) is 49.9 Å². The Morgan fingerprint density at radius 2 is 2.00 bits per heavy atom. The van der Waals surface area contributed by atoms with E-state index < -0.39 is 0 Å². The lowest BCUT2D eigenvalue weighted by Crippen LogP contribution is -2.36. The van der Waals surface area contributed by atoms with E-state index in [-0.39, 0.29) is 0 Å². The summed E-state index contributed by atoms with van der Waals surface area (Å²) in [7, 11) is 1.65. The van der Waals surface area contributed by atoms with E-state index in [0.717, 1.165) is 31.2 Å². The zero-order valence-corrected chi connectivity index (χ0v) is 15.5. The lowest BCUT2D eigenvalue weighted by Gasteiger charge is -2.35. The molecule has 5 heteroatoms. The smallest absolute Gasteiger partial charge is 0.123 e. The molecule has 0 saturated carbocycles. The average molecular weight is 356 g/mol. The number of aromatic nitrogens is 1. The largest absolute Gasteiger partial charge is 0.497 e. The van der Waals surface area contributed by atoms with E-state index in [9.17, 15) is 0 Å². The molecule has 1 aromatic carbocycles. The normalized spacial score (nSPS) is 17.8. The van der Waals surface area contributed by atoms with Crippen LogP contribution in [0.3, 0.4) is 0 Å². The molecule has 140 valence electrons. The number of nitrogens with zero attached hydrogens (tertiary/aromatic N) is 2. The predicted octanol–water partition coefficient (Wildman–Crippen LogP) is 3.71. The fraction of sp³-hybridized carbons (Fsp3) is 0.476. The van der Waals surface area contributed by atoms with Crippen molar-refractivity contribution < 1.29 is 14.2 Å². The number of piperidine rings is 1. The van der Waals surface area contributed by atoms with Gasteiger partial charge >= 0.3 is 0 Å². The van der Waals surface area contributed by atoms with Crippen molar-refractivity contribution in [2.24, 2.45) is 0 Å². The lowest BCUT2D eigenvalue weighted by molar-refractivity contribution is 0.0571. The van der Waals surface area contributed by atoms with Gasteiger partial charge < -0.3 is 14.2 Å². The second-order valence-corrected chi connectivity index (χ2v) is 6.47. The van der Waals surface area contributed by atoms with Gasteiger partial charge in [-0.15, -0.1) is 0 Å². The number of rotatable bonds is 9. The van der Waals surface area contributed by atoms with Crippen LogP contribution in [0.2, 0.25) is 0 Å². The van der Waals surface area contributed by atoms with Crippen molar-refractivity contribution in [3.63, 3.8) is 0 Å². The summed E-state index contributed by atoms with van der Waals surface area (Å²) in [4.78, 5) is 6.79. The van der Waals surface area contributed by atoms with Gasteiger partial charge in [0.2, 0.25) is 0 Å². The van der Waals surface area contributed by atoms with Crippen molar-refractivity contribution in [3.05, 3.63) is 54.4 Å². The van der Waals surface area contributed by atoms with Crippen LogP contribution in [-0.2, 0) is 4.74 Å². The van der Waals surface area contributed by atoms with Gasteiger partial charge in [0.05, 0.1) is 20.3 Å². The monoisotopic (exact) mass is 356 g/mol. The van der Waals surface area contributed by atoms with Gasteiger partial charge in [-0.1, -0.05) is 18.6 Å². The minimum Gasteiger partial charge on any atom is -0.497 e. The molecule has 1 atom stereocenters. The van der Waals surface area contributed by atoms with Gasteiger partial charge in [0.25, 0.3) is 0 Å². The van der Waals surface area contributed by atoms with Crippen LogP contribution >= 0.6 is 0 Å². The van der Waals surface area contributed by atoms with Gasteiger partial charge in [-0.05, 0) is 43.1 Å². The molecule has 1 fully saturated rings. The van der Waals surface area contributed by atoms with E-state index in [2.05, 4.69) is 16.0 Å². The third kappa shape index (κ3) is 5.44. The third-order valence-electron chi connectivity index (χ3n) is 4.74. The maximum atomic E-state index is 5.79. The van der Waals surface area contributed by atoms with E-state index >= 15 is 0 Å². The molecule has 0 unspecified atom stereocenters. The molecule has 0 bridgehead atoms. The number of likely N-dealkylation sites (tertiary alicyclic amines) is 1. The number of ether oxygens (including phenoxy) is 3. The molecule has 5 nitrogen and oxygen atoms in total. The number of hydrogen-bond donors (Lipinski definition) is 0. The summed E-state index contributed by atoms with van der Waals surface area (Å²) in [5.41, 5.74) is 1.31. The molecule has 0 aliphatic carbocycles. The standard InChI is InChI=1S/C21H28N2O3/c1-24-19-7-4-8-20(16-19)26-15-14-25-13-12-23-11-3-2-9-21(23)18-6-5-10-22-17-18/h4-8,10,16-17,21H,2-3,9,11-15H2,1H3/t21-/m0/s1. The molecular weight excluding hydrogens is 328 g/mol. The first kappa shape index (κ1) is 18.7. The zero-order chi connectivity index (χ0) is 18.0. The Kier molecular flexibility index (Phi) is 7.28. The first-order valence-corrected chi connectivity index (χ1v) is 9.35. The average Bonchev–Trinajstić information content (AvgIpc) is 2.71. The van der Waals surface area contributed by atoms with Crippen molar-refractivity contribution >= 4 is 0 Å². The third-order valence-corrected chi connectivity index (χ3v) is 4.74. The Hall–Kier alpha value is -2.11. The minimum atomic E-state index is 0.467. The highest BCUT2D eigenvalue weighted by Gasteiger charge is 2.23. The molecule has 1 aliphatic heterocycles. The SMILES string of the molecule is COc1cccc(OCCOCCN2CCCC[C@H]2c2cccnc2)c1. The maximum Gasteiger partial charge on any atom is 0.123 e. The van der Waals surface area contributed by atoms with Crippen LogP contribution in [0.4, 0.5) is 0 Å². The summed E-state index contributed by atoms with van der Waals surface area (Å²) < 4.78 is 16.7. The molecule has 2 aromatic rings. The number of hydrogen-bond acceptors (Lipinski definition) is 5. The van der Waals surface area contributed by atoms with Gasteiger partial charge in [0.15, 0.2) is 0 Å². The number of pyridine rings is 1. The Balaban J connectivity index is 1.37. The van der Waals surface area contributed by atoms with Crippen LogP contribution in [0.5, 0.6) is 11.5 Å². The van der Waals surface area contributed by atoms with Crippen molar-refractivity contribution in [2.45, 2.75) is 25.3 Å². The summed E-state index contributed by atoms with van der Waals surface area (Å²) >= 11 is 0. The van der Waals surface area contributed by atoms with Crippen LogP contribution in [0.25, 0.3) is 0 Å². The van der Waals surface area contributed by atoms with Gasteiger partial charge in [0, 0.05) is 31.0 Å². The van der Waals surface area contributed by atoms with Crippen molar-refractivity contribution in [3.8, 4) is 11.5 Å². The van der Waals surface area contributed by atoms with E-state index in [1.54, 1.807) is 7.11 Å². The fourth-order valence-corrected chi connectivity index (χ4v) is 3.40. The molecule has 1 aliphatic rings. The first-order chi connectivity index (χ1) is 12.9. The molecule has 0 radical (unpaired) electrons. The summed E-state index contributed by atoms with van der Waals surface area (Å²) in [5.74, 6) is 1.61. The fourth-order valence-electron chi connectivity index (χ4n) is 3.40. The van der Waals surface area contributed by atoms with Crippen molar-refractivity contribution in [1.29, 1.82) is 0 Å². The predicted molar refractivity (Wildman–Crippen MR) is 102 cm³/mol. The second kappa shape index (κ2) is 10.1. The quantitative estimate of drug-likeness (QED) is 0.641. The van der Waals surface area contributed by atoms with Crippen LogP contribution < -0.4 is 9.47 Å². The maximum absolute atomic E-state index is 5.79. The van der Waals surface area contributed by atoms with Gasteiger partial charge in [-0.25, -0.2) is 0 Å². The molecule has 3 rings (SSSR count). The Bertz CT molecular complexity index is 651. The first-order valence-electron chi connectivity index (χ1n) is 9.35. The van der Waals surface area contributed by atoms with Gasteiger partial charge in [-0.2, -0.15) is 0 Å². The van der Waals surface area contributed by atoms with E-state index in [1.807, 2.05) is 42.7 Å². The highest BCUT2D eigenvalue weighted by molar-refractivity contribution is 5.32. The Morgan fingerprint density at radius 1 is 1.08 bits per heavy atom. The zero-order valence-electron chi connectivity index (χ0n) is 15.5. The van der Waals surface area contributed by atoms with Gasteiger partial charge in [0.1, 0.15) is 18.1 Å². The molecule has 0 spiro atoms. The number of benzene rings is 1. The Morgan fingerprint density at radius 3 is 2.85 bits per heavy atom. The molecule has 1 aromatic heterocycles. The lowest BCUT2D eigenvalue weighted by atomic mass is 9.96. The highest BCUT2D eigenvalue weighted by atomic mass is 16.5. The van der Waals surface area contributed by atoms with Crippen LogP contribution in [0.1, 0.15) is 30.9 Å². The van der Waals surface area contributed by atoms with E-state index in [0.29, 0.717) is 19.3 Å². The molecule has 2 heterocycles. The molecular formula is C21H28N2O3. The molecule has 0 N–H and O–H groups in total. The van der Waals surface area contributed by atoms with E-state index in [4.69, 9.17) is 14.2 Å². The Labute approximate surface area is 155 Å². The topological polar surface area (TPSA) is 43.8 Å². The second-order valence-electron chi connectivity index (χ2n) is 6.47. The van der Waals surface area contributed by atoms with Crippen molar-refractivity contribution in [2.75, 3.05) is 40.0 Å². The van der Waals surface area contributed by atoms with E-state index in [1.165, 1.54) is 24.8 Å². The molecule has 0 amide bonds. The molecule has 1 saturated heterocycles. The summed E-state index contributed by atoms with van der Waals surface area (Å²) in [6.45, 7) is 3.92. The summed E-state index contributed by atoms with van der Waals surface area (Å²) in [6, 6.07) is 12.3. The van der Waals surface area contributed by atoms with Crippen LogP contribution in [0.15, 0.2) is 48.8 Å². The number of methoxy groups -OCH3 is 1. The van der Waals surface area contributed by atoms with Gasteiger partial charge in [-0.3, -0.25) is 9.88 Å². The summed E-state index contributed by atoms with van der Waals surface area (Å²) in [6.07, 6.45) is 7.57. The molecule has 26 heavy (non-hydrogen) atoms. The minimum absolute atomic E-state index is 0.467. The highest BCUT2D eigenvalue weighted by Crippen LogP contribution is 2.29. The van der Waals surface area contributed by atoms with Crippen molar-refractivity contribution in [1.82, 2.24) is 9.88 Å². The summed E-state index contributed by atoms with van der Waals surface area (Å²) in [5, 5.41) is 0.